The van der Waals surface area contributed by atoms with Gasteiger partial charge in [-0.05, 0) is 11.6 Å². The van der Waals surface area contributed by atoms with Crippen LogP contribution in [-0.2, 0) is 9.59 Å². The van der Waals surface area contributed by atoms with Crippen LogP contribution in [0.1, 0.15) is 5.56 Å². The molecule has 0 aliphatic rings. The number of amides is 1. The second-order valence-electron chi connectivity index (χ2n) is 3.10. The third-order valence-electron chi connectivity index (χ3n) is 1.97. The SMILES string of the molecule is CN/C(=C\c1ccccc1)C(=O)NCC=O. The Morgan fingerprint density at radius 2 is 2.00 bits per heavy atom. The second kappa shape index (κ2) is 6.40. The predicted molar refractivity (Wildman–Crippen MR) is 62.6 cm³/mol. The van der Waals surface area contributed by atoms with Crippen molar-refractivity contribution in [1.29, 1.82) is 0 Å². The van der Waals surface area contributed by atoms with Crippen molar-refractivity contribution < 1.29 is 9.59 Å². The first-order valence-corrected chi connectivity index (χ1v) is 4.94. The number of benzene rings is 1. The number of hydrogen-bond donors (Lipinski definition) is 2. The Morgan fingerprint density at radius 3 is 2.56 bits per heavy atom. The van der Waals surface area contributed by atoms with Crippen molar-refractivity contribution >= 4 is 18.3 Å². The molecule has 0 bridgehead atoms. The summed E-state index contributed by atoms with van der Waals surface area (Å²) in [6.07, 6.45) is 2.37. The Kier molecular flexibility index (Phi) is 4.79. The lowest BCUT2D eigenvalue weighted by Crippen LogP contribution is -2.31. The smallest absolute Gasteiger partial charge is 0.267 e. The minimum Gasteiger partial charge on any atom is -0.384 e. The molecule has 0 saturated heterocycles. The van der Waals surface area contributed by atoms with Crippen LogP contribution in [0.25, 0.3) is 6.08 Å². The molecule has 1 aromatic rings. The fourth-order valence-corrected chi connectivity index (χ4v) is 1.20. The zero-order valence-corrected chi connectivity index (χ0v) is 9.07. The van der Waals surface area contributed by atoms with E-state index >= 15 is 0 Å². The van der Waals surface area contributed by atoms with Gasteiger partial charge in [0.2, 0.25) is 0 Å². The molecule has 0 atom stereocenters. The van der Waals surface area contributed by atoms with Crippen molar-refractivity contribution in [2.75, 3.05) is 13.6 Å². The minimum absolute atomic E-state index is 0.0205. The van der Waals surface area contributed by atoms with Crippen molar-refractivity contribution in [2.24, 2.45) is 0 Å². The second-order valence-corrected chi connectivity index (χ2v) is 3.10. The Hall–Kier alpha value is -2.10. The average Bonchev–Trinajstić information content (AvgIpc) is 2.34. The number of aldehydes is 1. The summed E-state index contributed by atoms with van der Waals surface area (Å²) in [5.74, 6) is -0.293. The molecule has 2 N–H and O–H groups in total. The highest BCUT2D eigenvalue weighted by Gasteiger charge is 2.05. The van der Waals surface area contributed by atoms with Crippen LogP contribution in [0.5, 0.6) is 0 Å². The Morgan fingerprint density at radius 1 is 1.31 bits per heavy atom. The molecule has 0 unspecified atom stereocenters. The van der Waals surface area contributed by atoms with Gasteiger partial charge in [0.1, 0.15) is 12.0 Å². The summed E-state index contributed by atoms with van der Waals surface area (Å²) < 4.78 is 0. The molecule has 0 heterocycles. The summed E-state index contributed by atoms with van der Waals surface area (Å²) in [5, 5.41) is 5.26. The van der Waals surface area contributed by atoms with Crippen LogP contribution >= 0.6 is 0 Å². The predicted octanol–water partition coefficient (Wildman–Crippen LogP) is 0.562. The van der Waals surface area contributed by atoms with E-state index in [9.17, 15) is 9.59 Å². The summed E-state index contributed by atoms with van der Waals surface area (Å²) in [5.41, 5.74) is 1.35. The summed E-state index contributed by atoms with van der Waals surface area (Å²) >= 11 is 0. The van der Waals surface area contributed by atoms with Crippen LogP contribution in [0.15, 0.2) is 36.0 Å². The van der Waals surface area contributed by atoms with Gasteiger partial charge in [-0.1, -0.05) is 30.3 Å². The van der Waals surface area contributed by atoms with Gasteiger partial charge >= 0.3 is 0 Å². The molecule has 0 saturated carbocycles. The molecule has 16 heavy (non-hydrogen) atoms. The fourth-order valence-electron chi connectivity index (χ4n) is 1.20. The maximum absolute atomic E-state index is 11.5. The first kappa shape index (κ1) is 12.0. The van der Waals surface area contributed by atoms with E-state index in [-0.39, 0.29) is 12.5 Å². The molecule has 0 aliphatic carbocycles. The van der Waals surface area contributed by atoms with Crippen molar-refractivity contribution in [3.05, 3.63) is 41.6 Å². The van der Waals surface area contributed by atoms with E-state index in [1.165, 1.54) is 0 Å². The van der Waals surface area contributed by atoms with Crippen LogP contribution < -0.4 is 10.6 Å². The van der Waals surface area contributed by atoms with E-state index in [1.807, 2.05) is 30.3 Å². The van der Waals surface area contributed by atoms with Gasteiger partial charge in [0, 0.05) is 7.05 Å². The van der Waals surface area contributed by atoms with Gasteiger partial charge in [-0.25, -0.2) is 0 Å². The van der Waals surface area contributed by atoms with E-state index < -0.39 is 0 Å². The first-order valence-electron chi connectivity index (χ1n) is 4.94. The van der Waals surface area contributed by atoms with Crippen LogP contribution in [0.2, 0.25) is 0 Å². The summed E-state index contributed by atoms with van der Waals surface area (Å²) in [6.45, 7) is 0.0205. The third-order valence-corrected chi connectivity index (χ3v) is 1.97. The number of rotatable bonds is 5. The lowest BCUT2D eigenvalue weighted by molar-refractivity contribution is -0.119. The van der Waals surface area contributed by atoms with E-state index in [0.717, 1.165) is 5.56 Å². The largest absolute Gasteiger partial charge is 0.384 e. The molecule has 0 spiro atoms. The van der Waals surface area contributed by atoms with Gasteiger partial charge in [0.25, 0.3) is 5.91 Å². The highest BCUT2D eigenvalue weighted by atomic mass is 16.2. The molecule has 0 aromatic heterocycles. The van der Waals surface area contributed by atoms with Crippen LogP contribution in [-0.4, -0.2) is 25.8 Å². The molecule has 1 rings (SSSR count). The summed E-state index contributed by atoms with van der Waals surface area (Å²) in [7, 11) is 1.66. The molecule has 1 amide bonds. The highest BCUT2D eigenvalue weighted by Crippen LogP contribution is 2.04. The number of nitrogens with one attached hydrogen (secondary N) is 2. The van der Waals surface area contributed by atoms with E-state index in [0.29, 0.717) is 12.0 Å². The lowest BCUT2D eigenvalue weighted by Gasteiger charge is -2.06. The quantitative estimate of drug-likeness (QED) is 0.561. The van der Waals surface area contributed by atoms with Crippen molar-refractivity contribution in [3.8, 4) is 0 Å². The molecule has 1 aromatic carbocycles. The lowest BCUT2D eigenvalue weighted by atomic mass is 10.2. The maximum atomic E-state index is 11.5. The Balaban J connectivity index is 2.77. The molecular weight excluding hydrogens is 204 g/mol. The van der Waals surface area contributed by atoms with Crippen LogP contribution in [0.4, 0.5) is 0 Å². The van der Waals surface area contributed by atoms with Gasteiger partial charge in [-0.2, -0.15) is 0 Å². The minimum atomic E-state index is -0.293. The number of likely N-dealkylation sites (N-methyl/N-ethyl adjacent to an activating group) is 1. The zero-order valence-electron chi connectivity index (χ0n) is 9.07. The van der Waals surface area contributed by atoms with E-state index in [2.05, 4.69) is 10.6 Å². The molecule has 4 heteroatoms. The molecule has 0 aliphatic heterocycles. The van der Waals surface area contributed by atoms with Gasteiger partial charge < -0.3 is 15.4 Å². The number of hydrogen-bond acceptors (Lipinski definition) is 3. The fraction of sp³-hybridized carbons (Fsp3) is 0.167. The molecule has 0 radical (unpaired) electrons. The van der Waals surface area contributed by atoms with E-state index in [4.69, 9.17) is 0 Å². The topological polar surface area (TPSA) is 58.2 Å². The van der Waals surface area contributed by atoms with Gasteiger partial charge in [0.15, 0.2) is 0 Å². The number of carbonyl (C=O) groups is 2. The summed E-state index contributed by atoms with van der Waals surface area (Å²) in [4.78, 5) is 21.7. The zero-order chi connectivity index (χ0) is 11.8. The van der Waals surface area contributed by atoms with Gasteiger partial charge in [0.05, 0.1) is 6.54 Å². The molecular formula is C12H14N2O2. The van der Waals surface area contributed by atoms with Crippen molar-refractivity contribution in [1.82, 2.24) is 10.6 Å². The number of carbonyl (C=O) groups excluding carboxylic acids is 2. The van der Waals surface area contributed by atoms with Crippen LogP contribution in [0.3, 0.4) is 0 Å². The molecule has 4 nitrogen and oxygen atoms in total. The van der Waals surface area contributed by atoms with Crippen LogP contribution in [0, 0.1) is 0 Å². The Labute approximate surface area is 94.4 Å². The highest BCUT2D eigenvalue weighted by molar-refractivity contribution is 5.97. The van der Waals surface area contributed by atoms with Crippen molar-refractivity contribution in [3.63, 3.8) is 0 Å². The molecule has 0 fully saturated rings. The maximum Gasteiger partial charge on any atom is 0.267 e. The van der Waals surface area contributed by atoms with E-state index in [1.54, 1.807) is 13.1 Å². The average molecular weight is 218 g/mol. The molecule has 84 valence electrons. The van der Waals surface area contributed by atoms with Gasteiger partial charge in [-0.15, -0.1) is 0 Å². The monoisotopic (exact) mass is 218 g/mol. The normalized spacial score (nSPS) is 10.7. The first-order chi connectivity index (χ1) is 7.77. The standard InChI is InChI=1S/C12H14N2O2/c1-13-11(12(16)14-7-8-15)9-10-5-3-2-4-6-10/h2-6,8-9,13H,7H2,1H3,(H,14,16)/b11-9-. The Bertz CT molecular complexity index is 385. The third kappa shape index (κ3) is 3.57. The summed E-state index contributed by atoms with van der Waals surface area (Å²) in [6, 6.07) is 9.47. The van der Waals surface area contributed by atoms with Crippen molar-refractivity contribution in [2.45, 2.75) is 0 Å². The van der Waals surface area contributed by atoms with Gasteiger partial charge in [-0.3, -0.25) is 4.79 Å².